The first-order valence-electron chi connectivity index (χ1n) is 8.03. The maximum absolute atomic E-state index is 10.3. The van der Waals surface area contributed by atoms with Crippen LogP contribution in [0.3, 0.4) is 0 Å². The number of halogens is 1. The van der Waals surface area contributed by atoms with Crippen LogP contribution in [0.4, 0.5) is 5.69 Å². The van der Waals surface area contributed by atoms with Crippen LogP contribution in [0.25, 0.3) is 0 Å². The van der Waals surface area contributed by atoms with E-state index in [9.17, 15) is 5.11 Å². The van der Waals surface area contributed by atoms with Crippen LogP contribution in [0, 0.1) is 0 Å². The summed E-state index contributed by atoms with van der Waals surface area (Å²) in [6, 6.07) is 6.26. The summed E-state index contributed by atoms with van der Waals surface area (Å²) in [7, 11) is 2.09. The standard InChI is InChI=1S/C17H27ClN2O/c1-3-10-19-12-13-11-14(18)8-9-15(13)20(2)16-6-4-5-7-17(16)21/h8-9,11,16-17,19,21H,3-7,10,12H2,1-2H3. The van der Waals surface area contributed by atoms with Crippen molar-refractivity contribution >= 4 is 17.3 Å². The van der Waals surface area contributed by atoms with Gasteiger partial charge in [0.15, 0.2) is 0 Å². The van der Waals surface area contributed by atoms with Gasteiger partial charge in [0.05, 0.1) is 12.1 Å². The molecule has 21 heavy (non-hydrogen) atoms. The number of nitrogens with one attached hydrogen (secondary N) is 1. The van der Waals surface area contributed by atoms with E-state index in [2.05, 4.69) is 30.3 Å². The molecule has 0 spiro atoms. The van der Waals surface area contributed by atoms with E-state index in [4.69, 9.17) is 11.6 Å². The van der Waals surface area contributed by atoms with Gasteiger partial charge in [-0.3, -0.25) is 0 Å². The summed E-state index contributed by atoms with van der Waals surface area (Å²) in [5.41, 5.74) is 2.38. The Morgan fingerprint density at radius 3 is 2.81 bits per heavy atom. The second-order valence-electron chi connectivity index (χ2n) is 5.98. The van der Waals surface area contributed by atoms with Crippen LogP contribution >= 0.6 is 11.6 Å². The number of likely N-dealkylation sites (N-methyl/N-ethyl adjacent to an activating group) is 1. The normalized spacial score (nSPS) is 22.3. The molecule has 1 aliphatic carbocycles. The molecule has 2 atom stereocenters. The molecule has 0 heterocycles. The summed E-state index contributed by atoms with van der Waals surface area (Å²) in [4.78, 5) is 2.24. The van der Waals surface area contributed by atoms with E-state index in [1.807, 2.05) is 12.1 Å². The van der Waals surface area contributed by atoms with E-state index in [0.29, 0.717) is 0 Å². The Bertz CT molecular complexity index is 452. The lowest BCUT2D eigenvalue weighted by Gasteiger charge is -2.37. The summed E-state index contributed by atoms with van der Waals surface area (Å²) in [5.74, 6) is 0. The van der Waals surface area contributed by atoms with Crippen molar-refractivity contribution < 1.29 is 5.11 Å². The van der Waals surface area contributed by atoms with Crippen LogP contribution in [0.1, 0.15) is 44.6 Å². The Morgan fingerprint density at radius 2 is 2.10 bits per heavy atom. The highest BCUT2D eigenvalue weighted by molar-refractivity contribution is 6.30. The van der Waals surface area contributed by atoms with E-state index in [1.165, 1.54) is 17.7 Å². The number of benzene rings is 1. The smallest absolute Gasteiger partial charge is 0.0743 e. The Morgan fingerprint density at radius 1 is 1.33 bits per heavy atom. The van der Waals surface area contributed by atoms with Crippen molar-refractivity contribution in [2.75, 3.05) is 18.5 Å². The van der Waals surface area contributed by atoms with Crippen LogP contribution in [0.2, 0.25) is 5.02 Å². The summed E-state index contributed by atoms with van der Waals surface area (Å²) in [6.07, 6.45) is 5.19. The molecule has 0 bridgehead atoms. The molecular weight excluding hydrogens is 284 g/mol. The zero-order valence-electron chi connectivity index (χ0n) is 13.1. The lowest BCUT2D eigenvalue weighted by molar-refractivity contribution is 0.106. The van der Waals surface area contributed by atoms with Gasteiger partial charge in [-0.05, 0) is 49.6 Å². The topological polar surface area (TPSA) is 35.5 Å². The van der Waals surface area contributed by atoms with E-state index >= 15 is 0 Å². The molecule has 2 N–H and O–H groups in total. The molecule has 2 unspecified atom stereocenters. The molecular formula is C17H27ClN2O. The van der Waals surface area contributed by atoms with E-state index in [1.54, 1.807) is 0 Å². The zero-order valence-corrected chi connectivity index (χ0v) is 13.9. The van der Waals surface area contributed by atoms with Crippen LogP contribution in [0.15, 0.2) is 18.2 Å². The maximum Gasteiger partial charge on any atom is 0.0743 e. The predicted octanol–water partition coefficient (Wildman–Crippen LogP) is 3.58. The average molecular weight is 311 g/mol. The van der Waals surface area contributed by atoms with Crippen LogP contribution in [-0.2, 0) is 6.54 Å². The zero-order chi connectivity index (χ0) is 15.2. The Labute approximate surface area is 133 Å². The molecule has 1 aliphatic rings. The second-order valence-corrected chi connectivity index (χ2v) is 6.42. The maximum atomic E-state index is 10.3. The van der Waals surface area contributed by atoms with Crippen molar-refractivity contribution in [3.8, 4) is 0 Å². The van der Waals surface area contributed by atoms with E-state index < -0.39 is 0 Å². The molecule has 1 fully saturated rings. The molecule has 0 aromatic heterocycles. The van der Waals surface area contributed by atoms with Crippen LogP contribution < -0.4 is 10.2 Å². The molecule has 0 amide bonds. The highest BCUT2D eigenvalue weighted by Crippen LogP contribution is 2.30. The number of aliphatic hydroxyl groups excluding tert-OH is 1. The third-order valence-electron chi connectivity index (χ3n) is 4.36. The molecule has 2 rings (SSSR count). The van der Waals surface area contributed by atoms with E-state index in [0.717, 1.165) is 43.8 Å². The molecule has 1 aromatic carbocycles. The summed E-state index contributed by atoms with van der Waals surface area (Å²) < 4.78 is 0. The van der Waals surface area contributed by atoms with Crippen molar-refractivity contribution in [3.63, 3.8) is 0 Å². The van der Waals surface area contributed by atoms with Gasteiger partial charge in [0.1, 0.15) is 0 Å². The number of anilines is 1. The number of hydrogen-bond donors (Lipinski definition) is 2. The van der Waals surface area contributed by atoms with Gasteiger partial charge in [0.25, 0.3) is 0 Å². The molecule has 4 heteroatoms. The molecule has 0 radical (unpaired) electrons. The first-order chi connectivity index (χ1) is 10.1. The van der Waals surface area contributed by atoms with Gasteiger partial charge >= 0.3 is 0 Å². The van der Waals surface area contributed by atoms with Crippen molar-refractivity contribution in [1.29, 1.82) is 0 Å². The van der Waals surface area contributed by atoms with Gasteiger partial charge in [0, 0.05) is 24.3 Å². The van der Waals surface area contributed by atoms with Gasteiger partial charge in [0.2, 0.25) is 0 Å². The fourth-order valence-corrected chi connectivity index (χ4v) is 3.36. The third kappa shape index (κ3) is 4.35. The number of hydrogen-bond acceptors (Lipinski definition) is 3. The summed E-state index contributed by atoms with van der Waals surface area (Å²) in [5, 5.41) is 14.5. The number of nitrogens with zero attached hydrogens (tertiary/aromatic N) is 1. The average Bonchev–Trinajstić information content (AvgIpc) is 2.47. The van der Waals surface area contributed by atoms with Gasteiger partial charge < -0.3 is 15.3 Å². The number of rotatable bonds is 6. The van der Waals surface area contributed by atoms with Gasteiger partial charge in [-0.1, -0.05) is 31.4 Å². The van der Waals surface area contributed by atoms with Crippen molar-refractivity contribution in [3.05, 3.63) is 28.8 Å². The molecule has 0 aliphatic heterocycles. The molecule has 0 saturated heterocycles. The second kappa shape index (κ2) is 8.02. The molecule has 1 aromatic rings. The highest BCUT2D eigenvalue weighted by Gasteiger charge is 2.27. The quantitative estimate of drug-likeness (QED) is 0.788. The largest absolute Gasteiger partial charge is 0.391 e. The van der Waals surface area contributed by atoms with Crippen LogP contribution in [0.5, 0.6) is 0 Å². The molecule has 1 saturated carbocycles. The van der Waals surface area contributed by atoms with E-state index in [-0.39, 0.29) is 12.1 Å². The fourth-order valence-electron chi connectivity index (χ4n) is 3.16. The Hall–Kier alpha value is -0.770. The minimum atomic E-state index is -0.226. The monoisotopic (exact) mass is 310 g/mol. The fraction of sp³-hybridized carbons (Fsp3) is 0.647. The SMILES string of the molecule is CCCNCc1cc(Cl)ccc1N(C)C1CCCCC1O. The van der Waals surface area contributed by atoms with Crippen LogP contribution in [-0.4, -0.2) is 30.8 Å². The predicted molar refractivity (Wildman–Crippen MR) is 90.1 cm³/mol. The Balaban J connectivity index is 2.16. The van der Waals surface area contributed by atoms with Gasteiger partial charge in [-0.2, -0.15) is 0 Å². The Kier molecular flexibility index (Phi) is 6.34. The first-order valence-corrected chi connectivity index (χ1v) is 8.41. The third-order valence-corrected chi connectivity index (χ3v) is 4.59. The van der Waals surface area contributed by atoms with Crippen molar-refractivity contribution in [1.82, 2.24) is 5.32 Å². The first kappa shape index (κ1) is 16.6. The number of aliphatic hydroxyl groups is 1. The van der Waals surface area contributed by atoms with Crippen molar-refractivity contribution in [2.45, 2.75) is 57.7 Å². The molecule has 118 valence electrons. The lowest BCUT2D eigenvalue weighted by atomic mass is 9.91. The van der Waals surface area contributed by atoms with Gasteiger partial charge in [-0.25, -0.2) is 0 Å². The minimum Gasteiger partial charge on any atom is -0.391 e. The highest BCUT2D eigenvalue weighted by atomic mass is 35.5. The summed E-state index contributed by atoms with van der Waals surface area (Å²) >= 11 is 6.15. The van der Waals surface area contributed by atoms with Gasteiger partial charge in [-0.15, -0.1) is 0 Å². The summed E-state index contributed by atoms with van der Waals surface area (Å²) in [6.45, 7) is 3.98. The molecule has 3 nitrogen and oxygen atoms in total. The lowest BCUT2D eigenvalue weighted by Crippen LogP contribution is -2.44. The van der Waals surface area contributed by atoms with Crippen molar-refractivity contribution in [2.24, 2.45) is 0 Å². The minimum absolute atomic E-state index is 0.213.